The van der Waals surface area contributed by atoms with Gasteiger partial charge in [0.05, 0.1) is 5.56 Å². The Morgan fingerprint density at radius 2 is 2.13 bits per heavy atom. The third-order valence-corrected chi connectivity index (χ3v) is 2.09. The zero-order valence-electron chi connectivity index (χ0n) is 9.49. The van der Waals surface area contributed by atoms with Gasteiger partial charge in [-0.05, 0) is 33.2 Å². The number of hydrogen-bond acceptors (Lipinski definition) is 3. The quantitative estimate of drug-likeness (QED) is 0.689. The molecule has 0 aliphatic heterocycles. The first-order valence-electron chi connectivity index (χ1n) is 4.97. The highest BCUT2D eigenvalue weighted by atomic mass is 16.5. The Kier molecular flexibility index (Phi) is 4.31. The Balaban J connectivity index is 2.64. The third-order valence-electron chi connectivity index (χ3n) is 2.09. The van der Waals surface area contributed by atoms with Crippen molar-refractivity contribution in [1.82, 2.24) is 4.90 Å². The average Bonchev–Trinajstić information content (AvgIpc) is 2.19. The minimum atomic E-state index is 0.594. The van der Waals surface area contributed by atoms with Crippen molar-refractivity contribution in [3.05, 3.63) is 29.3 Å². The van der Waals surface area contributed by atoms with Gasteiger partial charge in [-0.2, -0.15) is 0 Å². The van der Waals surface area contributed by atoms with Crippen molar-refractivity contribution in [3.8, 4) is 5.75 Å². The molecular formula is C12H17NO2. The standard InChI is InChI=1S/C12H17NO2/c1-10-4-5-12(11(8-10)9-14)15-7-6-13(2)3/h4-5,8-9H,6-7H2,1-3H3. The van der Waals surface area contributed by atoms with Gasteiger partial charge in [0.25, 0.3) is 0 Å². The molecule has 1 aromatic rings. The molecule has 0 fully saturated rings. The van der Waals surface area contributed by atoms with Gasteiger partial charge in [-0.3, -0.25) is 4.79 Å². The summed E-state index contributed by atoms with van der Waals surface area (Å²) in [7, 11) is 3.97. The van der Waals surface area contributed by atoms with Gasteiger partial charge in [0.2, 0.25) is 0 Å². The van der Waals surface area contributed by atoms with Crippen LogP contribution in [0, 0.1) is 6.92 Å². The van der Waals surface area contributed by atoms with Crippen LogP contribution < -0.4 is 4.74 Å². The molecule has 0 amide bonds. The number of hydrogen-bond donors (Lipinski definition) is 0. The SMILES string of the molecule is Cc1ccc(OCCN(C)C)c(C=O)c1. The van der Waals surface area contributed by atoms with Crippen LogP contribution in [0.5, 0.6) is 5.75 Å². The fourth-order valence-corrected chi connectivity index (χ4v) is 1.23. The summed E-state index contributed by atoms with van der Waals surface area (Å²) in [5.74, 6) is 0.664. The molecule has 1 rings (SSSR count). The molecule has 0 spiro atoms. The molecule has 0 atom stereocenters. The van der Waals surface area contributed by atoms with Gasteiger partial charge < -0.3 is 9.64 Å². The van der Waals surface area contributed by atoms with Gasteiger partial charge in [-0.25, -0.2) is 0 Å². The number of nitrogens with zero attached hydrogens (tertiary/aromatic N) is 1. The van der Waals surface area contributed by atoms with Crippen LogP contribution in [0.1, 0.15) is 15.9 Å². The summed E-state index contributed by atoms with van der Waals surface area (Å²) in [6.45, 7) is 3.39. The Morgan fingerprint density at radius 3 is 2.73 bits per heavy atom. The van der Waals surface area contributed by atoms with Crippen LogP contribution in [0.4, 0.5) is 0 Å². The van der Waals surface area contributed by atoms with Crippen molar-refractivity contribution in [3.63, 3.8) is 0 Å². The molecule has 0 N–H and O–H groups in total. The molecule has 15 heavy (non-hydrogen) atoms. The lowest BCUT2D eigenvalue weighted by Gasteiger charge is -2.12. The van der Waals surface area contributed by atoms with E-state index in [4.69, 9.17) is 4.74 Å². The lowest BCUT2D eigenvalue weighted by molar-refractivity contribution is 0.111. The zero-order chi connectivity index (χ0) is 11.3. The smallest absolute Gasteiger partial charge is 0.153 e. The summed E-state index contributed by atoms with van der Waals surface area (Å²) in [5.41, 5.74) is 1.69. The van der Waals surface area contributed by atoms with Gasteiger partial charge in [0.15, 0.2) is 6.29 Å². The highest BCUT2D eigenvalue weighted by Crippen LogP contribution is 2.17. The Bertz CT molecular complexity index is 334. The van der Waals surface area contributed by atoms with Gasteiger partial charge >= 0.3 is 0 Å². The van der Waals surface area contributed by atoms with Crippen LogP contribution in [0.15, 0.2) is 18.2 Å². The second-order valence-electron chi connectivity index (χ2n) is 3.81. The fraction of sp³-hybridized carbons (Fsp3) is 0.417. The Morgan fingerprint density at radius 1 is 1.40 bits per heavy atom. The van der Waals surface area contributed by atoms with Crippen LogP contribution in [0.25, 0.3) is 0 Å². The molecular weight excluding hydrogens is 190 g/mol. The number of likely N-dealkylation sites (N-methyl/N-ethyl adjacent to an activating group) is 1. The van der Waals surface area contributed by atoms with E-state index in [-0.39, 0.29) is 0 Å². The molecule has 0 saturated carbocycles. The van der Waals surface area contributed by atoms with Crippen LogP contribution in [0.3, 0.4) is 0 Å². The first-order valence-corrected chi connectivity index (χ1v) is 4.97. The first kappa shape index (κ1) is 11.7. The lowest BCUT2D eigenvalue weighted by atomic mass is 10.1. The molecule has 0 unspecified atom stereocenters. The minimum Gasteiger partial charge on any atom is -0.492 e. The Labute approximate surface area is 90.7 Å². The second kappa shape index (κ2) is 5.51. The summed E-state index contributed by atoms with van der Waals surface area (Å²) < 4.78 is 5.52. The summed E-state index contributed by atoms with van der Waals surface area (Å²) in [6, 6.07) is 5.62. The molecule has 0 heterocycles. The minimum absolute atomic E-state index is 0.594. The largest absolute Gasteiger partial charge is 0.492 e. The van der Waals surface area contributed by atoms with E-state index in [1.807, 2.05) is 44.1 Å². The Hall–Kier alpha value is -1.35. The first-order chi connectivity index (χ1) is 7.13. The van der Waals surface area contributed by atoms with E-state index in [0.717, 1.165) is 18.4 Å². The number of ether oxygens (including phenoxy) is 1. The number of benzene rings is 1. The highest BCUT2D eigenvalue weighted by Gasteiger charge is 2.02. The molecule has 0 radical (unpaired) electrons. The van der Waals surface area contributed by atoms with Gasteiger partial charge in [-0.1, -0.05) is 11.6 Å². The van der Waals surface area contributed by atoms with Crippen molar-refractivity contribution in [2.45, 2.75) is 6.92 Å². The second-order valence-corrected chi connectivity index (χ2v) is 3.81. The molecule has 0 aliphatic carbocycles. The maximum absolute atomic E-state index is 10.8. The van der Waals surface area contributed by atoms with E-state index in [9.17, 15) is 4.79 Å². The molecule has 0 saturated heterocycles. The van der Waals surface area contributed by atoms with E-state index in [1.54, 1.807) is 0 Å². The van der Waals surface area contributed by atoms with Crippen molar-refractivity contribution in [1.29, 1.82) is 0 Å². The van der Waals surface area contributed by atoms with E-state index in [2.05, 4.69) is 0 Å². The van der Waals surface area contributed by atoms with Gasteiger partial charge in [0, 0.05) is 6.54 Å². The van der Waals surface area contributed by atoms with Gasteiger partial charge in [0.1, 0.15) is 12.4 Å². The number of carbonyl (C=O) groups is 1. The topological polar surface area (TPSA) is 29.5 Å². The summed E-state index contributed by atoms with van der Waals surface area (Å²) >= 11 is 0. The predicted octanol–water partition coefficient (Wildman–Crippen LogP) is 1.75. The normalized spacial score (nSPS) is 10.4. The van der Waals surface area contributed by atoms with Crippen molar-refractivity contribution in [2.75, 3.05) is 27.2 Å². The molecule has 0 aromatic heterocycles. The van der Waals surface area contributed by atoms with Crippen LogP contribution in [0.2, 0.25) is 0 Å². The molecule has 3 nitrogen and oxygen atoms in total. The van der Waals surface area contributed by atoms with Crippen molar-refractivity contribution >= 4 is 6.29 Å². The fourth-order valence-electron chi connectivity index (χ4n) is 1.23. The third kappa shape index (κ3) is 3.72. The van der Waals surface area contributed by atoms with Crippen molar-refractivity contribution < 1.29 is 9.53 Å². The maximum Gasteiger partial charge on any atom is 0.153 e. The molecule has 1 aromatic carbocycles. The summed E-state index contributed by atoms with van der Waals surface area (Å²) in [4.78, 5) is 12.8. The van der Waals surface area contributed by atoms with E-state index >= 15 is 0 Å². The molecule has 82 valence electrons. The van der Waals surface area contributed by atoms with Crippen LogP contribution >= 0.6 is 0 Å². The van der Waals surface area contributed by atoms with E-state index in [0.29, 0.717) is 17.9 Å². The van der Waals surface area contributed by atoms with E-state index in [1.165, 1.54) is 0 Å². The number of carbonyl (C=O) groups excluding carboxylic acids is 1. The molecule has 3 heteroatoms. The monoisotopic (exact) mass is 207 g/mol. The maximum atomic E-state index is 10.8. The van der Waals surface area contributed by atoms with Crippen LogP contribution in [-0.2, 0) is 0 Å². The predicted molar refractivity (Wildman–Crippen MR) is 60.6 cm³/mol. The number of aldehydes is 1. The molecule has 0 bridgehead atoms. The number of rotatable bonds is 5. The average molecular weight is 207 g/mol. The van der Waals surface area contributed by atoms with Crippen molar-refractivity contribution in [2.24, 2.45) is 0 Å². The summed E-state index contributed by atoms with van der Waals surface area (Å²) in [5, 5.41) is 0. The molecule has 0 aliphatic rings. The zero-order valence-corrected chi connectivity index (χ0v) is 9.49. The number of aryl methyl sites for hydroxylation is 1. The van der Waals surface area contributed by atoms with Crippen LogP contribution in [-0.4, -0.2) is 38.4 Å². The summed E-state index contributed by atoms with van der Waals surface area (Å²) in [6.07, 6.45) is 0.831. The highest BCUT2D eigenvalue weighted by molar-refractivity contribution is 5.79. The van der Waals surface area contributed by atoms with E-state index < -0.39 is 0 Å². The van der Waals surface area contributed by atoms with Gasteiger partial charge in [-0.15, -0.1) is 0 Å². The lowest BCUT2D eigenvalue weighted by Crippen LogP contribution is -2.19.